The smallest absolute Gasteiger partial charge is 0.224 e. The van der Waals surface area contributed by atoms with Crippen LogP contribution in [0.1, 0.15) is 25.3 Å². The first-order chi connectivity index (χ1) is 11.2. The van der Waals surface area contributed by atoms with Crippen LogP contribution in [0.2, 0.25) is 0 Å². The number of carbonyl (C=O) groups is 1. The van der Waals surface area contributed by atoms with Crippen LogP contribution < -0.4 is 10.6 Å². The summed E-state index contributed by atoms with van der Waals surface area (Å²) in [5, 5.41) is 6.01. The van der Waals surface area contributed by atoms with Gasteiger partial charge in [-0.1, -0.05) is 19.1 Å². The van der Waals surface area contributed by atoms with E-state index in [-0.39, 0.29) is 43.1 Å². The number of halogens is 3. The monoisotopic (exact) mass is 426 g/mol. The van der Waals surface area contributed by atoms with Crippen LogP contribution in [0.5, 0.6) is 0 Å². The van der Waals surface area contributed by atoms with E-state index in [1.165, 1.54) is 5.56 Å². The van der Waals surface area contributed by atoms with E-state index in [4.69, 9.17) is 0 Å². The van der Waals surface area contributed by atoms with Crippen LogP contribution in [-0.4, -0.2) is 62.0 Å². The summed E-state index contributed by atoms with van der Waals surface area (Å²) in [6.07, 6.45) is 1.43. The van der Waals surface area contributed by atoms with Gasteiger partial charge in [0.2, 0.25) is 5.91 Å². The first kappa shape index (κ1) is 27.7. The van der Waals surface area contributed by atoms with Gasteiger partial charge in [-0.05, 0) is 44.3 Å². The topological polar surface area (TPSA) is 47.6 Å². The minimum absolute atomic E-state index is 0. The molecule has 26 heavy (non-hydrogen) atoms. The molecule has 1 aliphatic heterocycles. The maximum atomic E-state index is 11.8. The summed E-state index contributed by atoms with van der Waals surface area (Å²) in [7, 11) is 1.90. The van der Waals surface area contributed by atoms with Gasteiger partial charge in [0, 0.05) is 44.8 Å². The van der Waals surface area contributed by atoms with E-state index in [9.17, 15) is 4.79 Å². The van der Waals surface area contributed by atoms with Crippen LogP contribution in [0.3, 0.4) is 0 Å². The fraction of sp³-hybridized carbons (Fsp3) is 0.611. The van der Waals surface area contributed by atoms with Gasteiger partial charge in [0.25, 0.3) is 0 Å². The van der Waals surface area contributed by atoms with Crippen molar-refractivity contribution in [3.63, 3.8) is 0 Å². The summed E-state index contributed by atoms with van der Waals surface area (Å²) in [6.45, 7) is 9.84. The number of hydrogen-bond acceptors (Lipinski definition) is 4. The van der Waals surface area contributed by atoms with E-state index in [0.29, 0.717) is 6.42 Å². The van der Waals surface area contributed by atoms with E-state index in [1.807, 2.05) is 19.2 Å². The first-order valence-corrected chi connectivity index (χ1v) is 8.69. The lowest BCUT2D eigenvalue weighted by Gasteiger charge is -2.34. The number of likely N-dealkylation sites (N-methyl/N-ethyl adjacent to an activating group) is 1. The normalized spacial score (nSPS) is 14.5. The van der Waals surface area contributed by atoms with Crippen molar-refractivity contribution in [2.75, 3.05) is 51.6 Å². The third-order valence-corrected chi connectivity index (χ3v) is 4.39. The van der Waals surface area contributed by atoms with Crippen LogP contribution >= 0.6 is 37.2 Å². The molecule has 2 N–H and O–H groups in total. The first-order valence-electron chi connectivity index (χ1n) is 8.69. The third kappa shape index (κ3) is 9.95. The third-order valence-electron chi connectivity index (χ3n) is 4.39. The number of nitrogens with zero attached hydrogens (tertiary/aromatic N) is 2. The van der Waals surface area contributed by atoms with E-state index >= 15 is 0 Å². The maximum absolute atomic E-state index is 11.8. The molecule has 8 heteroatoms. The molecule has 0 bridgehead atoms. The Hall–Kier alpha value is -0.560. The van der Waals surface area contributed by atoms with Crippen LogP contribution in [0.15, 0.2) is 24.3 Å². The molecule has 0 radical (unpaired) electrons. The van der Waals surface area contributed by atoms with Crippen molar-refractivity contribution in [3.05, 3.63) is 29.8 Å². The Morgan fingerprint density at radius 2 is 1.58 bits per heavy atom. The van der Waals surface area contributed by atoms with E-state index in [2.05, 4.69) is 39.5 Å². The Morgan fingerprint density at radius 3 is 2.12 bits per heavy atom. The number of piperazine rings is 1. The molecular formula is C18H33Cl3N4O. The highest BCUT2D eigenvalue weighted by molar-refractivity contribution is 5.90. The molecule has 1 saturated heterocycles. The number of benzene rings is 1. The van der Waals surface area contributed by atoms with Gasteiger partial charge in [-0.25, -0.2) is 0 Å². The van der Waals surface area contributed by atoms with Gasteiger partial charge < -0.3 is 15.5 Å². The molecule has 0 saturated carbocycles. The van der Waals surface area contributed by atoms with Gasteiger partial charge in [-0.2, -0.15) is 0 Å². The average Bonchev–Trinajstić information content (AvgIpc) is 2.57. The second-order valence-corrected chi connectivity index (χ2v) is 6.16. The average molecular weight is 428 g/mol. The Balaban J connectivity index is 0. The molecule has 0 spiro atoms. The van der Waals surface area contributed by atoms with Crippen molar-refractivity contribution in [3.8, 4) is 0 Å². The standard InChI is InChI=1S/C18H30N4O.3ClH/c1-3-21-11-13-22(14-12-21)15-16-6-8-17(9-7-16)20-18(23)5-4-10-19-2;;;/h6-9,19H,3-5,10-15H2,1-2H3,(H,20,23);3*1H. The summed E-state index contributed by atoms with van der Waals surface area (Å²) in [5.41, 5.74) is 2.20. The fourth-order valence-corrected chi connectivity index (χ4v) is 2.86. The molecule has 0 aromatic heterocycles. The molecule has 0 atom stereocenters. The number of rotatable bonds is 8. The molecular weight excluding hydrogens is 395 g/mol. The summed E-state index contributed by atoms with van der Waals surface area (Å²) in [5.74, 6) is 0.0867. The molecule has 0 aliphatic carbocycles. The Kier molecular flexibility index (Phi) is 16.5. The molecule has 1 aromatic rings. The number of carbonyl (C=O) groups excluding carboxylic acids is 1. The largest absolute Gasteiger partial charge is 0.326 e. The van der Waals surface area contributed by atoms with Crippen LogP contribution in [0, 0.1) is 0 Å². The number of hydrogen-bond donors (Lipinski definition) is 2. The van der Waals surface area contributed by atoms with Crippen LogP contribution in [0.25, 0.3) is 0 Å². The lowest BCUT2D eigenvalue weighted by Crippen LogP contribution is -2.45. The molecule has 1 aliphatic rings. The van der Waals surface area contributed by atoms with Crippen molar-refractivity contribution < 1.29 is 4.79 Å². The zero-order valence-corrected chi connectivity index (χ0v) is 18.2. The van der Waals surface area contributed by atoms with E-state index < -0.39 is 0 Å². The Labute approximate surface area is 176 Å². The Morgan fingerprint density at radius 1 is 1.00 bits per heavy atom. The van der Waals surface area contributed by atoms with Gasteiger partial charge in [0.05, 0.1) is 0 Å². The van der Waals surface area contributed by atoms with Crippen LogP contribution in [-0.2, 0) is 11.3 Å². The van der Waals surface area contributed by atoms with Gasteiger partial charge in [-0.15, -0.1) is 37.2 Å². The summed E-state index contributed by atoms with van der Waals surface area (Å²) < 4.78 is 0. The highest BCUT2D eigenvalue weighted by atomic mass is 35.5. The second kappa shape index (κ2) is 15.5. The van der Waals surface area contributed by atoms with Crippen molar-refractivity contribution >= 4 is 48.8 Å². The highest BCUT2D eigenvalue weighted by Gasteiger charge is 2.15. The van der Waals surface area contributed by atoms with Crippen molar-refractivity contribution in [2.45, 2.75) is 26.3 Å². The van der Waals surface area contributed by atoms with Gasteiger partial charge in [-0.3, -0.25) is 9.69 Å². The minimum Gasteiger partial charge on any atom is -0.326 e. The van der Waals surface area contributed by atoms with Gasteiger partial charge in [0.15, 0.2) is 0 Å². The Bertz CT molecular complexity index is 480. The maximum Gasteiger partial charge on any atom is 0.224 e. The summed E-state index contributed by atoms with van der Waals surface area (Å²) >= 11 is 0. The van der Waals surface area contributed by atoms with Crippen molar-refractivity contribution in [2.24, 2.45) is 0 Å². The SMILES string of the molecule is CCN1CCN(Cc2ccc(NC(=O)CCCNC)cc2)CC1.Cl.Cl.Cl. The quantitative estimate of drug-likeness (QED) is 0.626. The van der Waals surface area contributed by atoms with E-state index in [1.54, 1.807) is 0 Å². The summed E-state index contributed by atoms with van der Waals surface area (Å²) in [6, 6.07) is 8.26. The van der Waals surface area contributed by atoms with Crippen molar-refractivity contribution in [1.29, 1.82) is 0 Å². The molecule has 5 nitrogen and oxygen atoms in total. The fourth-order valence-electron chi connectivity index (χ4n) is 2.86. The molecule has 1 fully saturated rings. The highest BCUT2D eigenvalue weighted by Crippen LogP contribution is 2.13. The van der Waals surface area contributed by atoms with E-state index in [0.717, 1.165) is 57.9 Å². The molecule has 2 rings (SSSR count). The molecule has 1 amide bonds. The van der Waals surface area contributed by atoms with Crippen molar-refractivity contribution in [1.82, 2.24) is 15.1 Å². The zero-order valence-electron chi connectivity index (χ0n) is 15.7. The van der Waals surface area contributed by atoms with Crippen LogP contribution in [0.4, 0.5) is 5.69 Å². The molecule has 152 valence electrons. The van der Waals surface area contributed by atoms with Gasteiger partial charge in [0.1, 0.15) is 0 Å². The lowest BCUT2D eigenvalue weighted by atomic mass is 10.1. The molecule has 0 unspecified atom stereocenters. The predicted molar refractivity (Wildman–Crippen MR) is 117 cm³/mol. The zero-order chi connectivity index (χ0) is 16.5. The minimum atomic E-state index is 0. The predicted octanol–water partition coefficient (Wildman–Crippen LogP) is 3.03. The second-order valence-electron chi connectivity index (χ2n) is 6.16. The summed E-state index contributed by atoms with van der Waals surface area (Å²) in [4.78, 5) is 16.8. The molecule has 1 heterocycles. The lowest BCUT2D eigenvalue weighted by molar-refractivity contribution is -0.116. The number of nitrogens with one attached hydrogen (secondary N) is 2. The number of amides is 1. The molecule has 1 aromatic carbocycles. The number of anilines is 1. The van der Waals surface area contributed by atoms with Gasteiger partial charge >= 0.3 is 0 Å².